The van der Waals surface area contributed by atoms with Crippen LogP contribution in [0.2, 0.25) is 0 Å². The van der Waals surface area contributed by atoms with Gasteiger partial charge in [-0.15, -0.1) is 24.0 Å². The van der Waals surface area contributed by atoms with Crippen molar-refractivity contribution < 1.29 is 0 Å². The number of aryl methyl sites for hydroxylation is 2. The molecule has 2 fully saturated rings. The second-order valence-corrected chi connectivity index (χ2v) is 8.21. The van der Waals surface area contributed by atoms with Crippen LogP contribution in [0.3, 0.4) is 0 Å². The molecular weight excluding hydrogens is 437 g/mol. The SMILES string of the molecule is CCNC(=NCC1(C2CC2)CCC1)NC(C)Cc1c(C)nn(C)c1C.I. The molecule has 6 heteroatoms. The number of halogens is 1. The number of aliphatic imine (C=N–C) groups is 1. The summed E-state index contributed by atoms with van der Waals surface area (Å²) in [6, 6.07) is 0.331. The van der Waals surface area contributed by atoms with Gasteiger partial charge in [0.25, 0.3) is 0 Å². The van der Waals surface area contributed by atoms with E-state index in [0.717, 1.165) is 37.1 Å². The topological polar surface area (TPSA) is 54.2 Å². The minimum absolute atomic E-state index is 0. The Morgan fingerprint density at radius 2 is 2.04 bits per heavy atom. The maximum Gasteiger partial charge on any atom is 0.191 e. The Balaban J connectivity index is 0.00000243. The molecule has 2 N–H and O–H groups in total. The first-order chi connectivity index (χ1) is 11.9. The molecule has 2 aliphatic rings. The van der Waals surface area contributed by atoms with Crippen molar-refractivity contribution in [3.8, 4) is 0 Å². The quantitative estimate of drug-likeness (QED) is 0.361. The Morgan fingerprint density at radius 1 is 1.35 bits per heavy atom. The van der Waals surface area contributed by atoms with E-state index in [9.17, 15) is 0 Å². The highest BCUT2D eigenvalue weighted by Gasteiger charge is 2.48. The largest absolute Gasteiger partial charge is 0.357 e. The van der Waals surface area contributed by atoms with E-state index in [0.29, 0.717) is 11.5 Å². The molecule has 148 valence electrons. The minimum atomic E-state index is 0. The van der Waals surface area contributed by atoms with Crippen molar-refractivity contribution in [2.75, 3.05) is 13.1 Å². The van der Waals surface area contributed by atoms with Crippen molar-refractivity contribution in [2.45, 2.75) is 72.3 Å². The summed E-state index contributed by atoms with van der Waals surface area (Å²) in [6.07, 6.45) is 7.98. The molecule has 3 rings (SSSR count). The van der Waals surface area contributed by atoms with E-state index in [1.165, 1.54) is 43.4 Å². The van der Waals surface area contributed by atoms with E-state index in [-0.39, 0.29) is 24.0 Å². The first-order valence-corrected chi connectivity index (χ1v) is 9.99. The Kier molecular flexibility index (Phi) is 7.39. The van der Waals surface area contributed by atoms with Crippen LogP contribution in [0.4, 0.5) is 0 Å². The summed E-state index contributed by atoms with van der Waals surface area (Å²) in [4.78, 5) is 4.97. The molecule has 1 atom stereocenters. The van der Waals surface area contributed by atoms with Gasteiger partial charge in [0.15, 0.2) is 5.96 Å². The monoisotopic (exact) mass is 473 g/mol. The summed E-state index contributed by atoms with van der Waals surface area (Å²) in [5, 5.41) is 11.6. The highest BCUT2D eigenvalue weighted by Crippen LogP contribution is 2.57. The fraction of sp³-hybridized carbons (Fsp3) is 0.800. The van der Waals surface area contributed by atoms with Gasteiger partial charge in [0, 0.05) is 31.9 Å². The fourth-order valence-electron chi connectivity index (χ4n) is 4.28. The number of guanidine groups is 1. The average molecular weight is 473 g/mol. The Morgan fingerprint density at radius 3 is 2.50 bits per heavy atom. The van der Waals surface area contributed by atoms with Crippen molar-refractivity contribution >= 4 is 29.9 Å². The molecule has 1 aromatic heterocycles. The first kappa shape index (κ1) is 21.5. The van der Waals surface area contributed by atoms with Crippen molar-refractivity contribution in [1.82, 2.24) is 20.4 Å². The Bertz CT molecular complexity index is 628. The molecule has 0 aromatic carbocycles. The molecule has 0 spiro atoms. The van der Waals surface area contributed by atoms with Gasteiger partial charge in [-0.3, -0.25) is 9.67 Å². The molecule has 1 aromatic rings. The third kappa shape index (κ3) is 4.73. The van der Waals surface area contributed by atoms with E-state index in [2.05, 4.69) is 43.4 Å². The van der Waals surface area contributed by atoms with Gasteiger partial charge in [-0.25, -0.2) is 0 Å². The van der Waals surface area contributed by atoms with Crippen LogP contribution in [0.1, 0.15) is 62.9 Å². The third-order valence-corrected chi connectivity index (χ3v) is 6.24. The van der Waals surface area contributed by atoms with Crippen molar-refractivity contribution in [3.63, 3.8) is 0 Å². The molecular formula is C20H36IN5. The lowest BCUT2D eigenvalue weighted by Crippen LogP contribution is -2.44. The predicted molar refractivity (Wildman–Crippen MR) is 119 cm³/mol. The van der Waals surface area contributed by atoms with Gasteiger partial charge in [0.2, 0.25) is 0 Å². The second kappa shape index (κ2) is 8.93. The van der Waals surface area contributed by atoms with E-state index in [1.807, 2.05) is 11.7 Å². The molecule has 0 saturated heterocycles. The van der Waals surface area contributed by atoms with E-state index in [4.69, 9.17) is 4.99 Å². The van der Waals surface area contributed by atoms with Crippen molar-refractivity contribution in [1.29, 1.82) is 0 Å². The van der Waals surface area contributed by atoms with E-state index >= 15 is 0 Å². The number of hydrogen-bond donors (Lipinski definition) is 2. The summed E-state index contributed by atoms with van der Waals surface area (Å²) in [7, 11) is 2.02. The smallest absolute Gasteiger partial charge is 0.191 e. The first-order valence-electron chi connectivity index (χ1n) is 9.99. The van der Waals surface area contributed by atoms with Crippen molar-refractivity contribution in [2.24, 2.45) is 23.4 Å². The van der Waals surface area contributed by atoms with Gasteiger partial charge in [-0.05, 0) is 76.7 Å². The predicted octanol–water partition coefficient (Wildman–Crippen LogP) is 3.72. The molecule has 0 bridgehead atoms. The van der Waals surface area contributed by atoms with Gasteiger partial charge in [-0.1, -0.05) is 6.42 Å². The van der Waals surface area contributed by atoms with Crippen LogP contribution in [0.25, 0.3) is 0 Å². The standard InChI is InChI=1S/C20H35N5.HI/c1-6-21-19(22-13-20(10-7-11-20)17-8-9-17)23-14(2)12-18-15(3)24-25(5)16(18)4;/h14,17H,6-13H2,1-5H3,(H2,21,22,23);1H. The van der Waals surface area contributed by atoms with Crippen LogP contribution in [0, 0.1) is 25.2 Å². The van der Waals surface area contributed by atoms with Gasteiger partial charge >= 0.3 is 0 Å². The zero-order chi connectivity index (χ0) is 18.0. The highest BCUT2D eigenvalue weighted by atomic mass is 127. The average Bonchev–Trinajstić information content (AvgIpc) is 3.32. The zero-order valence-electron chi connectivity index (χ0n) is 17.1. The highest BCUT2D eigenvalue weighted by molar-refractivity contribution is 14.0. The Labute approximate surface area is 175 Å². The van der Waals surface area contributed by atoms with Crippen LogP contribution >= 0.6 is 24.0 Å². The normalized spacial score (nSPS) is 20.1. The lowest BCUT2D eigenvalue weighted by Gasteiger charge is -2.41. The van der Waals surface area contributed by atoms with E-state index < -0.39 is 0 Å². The molecule has 0 amide bonds. The van der Waals surface area contributed by atoms with Crippen LogP contribution in [-0.4, -0.2) is 34.9 Å². The molecule has 0 aliphatic heterocycles. The van der Waals surface area contributed by atoms with Gasteiger partial charge in [0.1, 0.15) is 0 Å². The summed E-state index contributed by atoms with van der Waals surface area (Å²) in [5.74, 6) is 1.92. The maximum atomic E-state index is 4.97. The molecule has 2 saturated carbocycles. The lowest BCUT2D eigenvalue weighted by molar-refractivity contribution is 0.113. The second-order valence-electron chi connectivity index (χ2n) is 8.21. The van der Waals surface area contributed by atoms with Gasteiger partial charge in [0.05, 0.1) is 5.69 Å². The number of hydrogen-bond acceptors (Lipinski definition) is 2. The lowest BCUT2D eigenvalue weighted by atomic mass is 9.65. The Hall–Kier alpha value is -0.790. The van der Waals surface area contributed by atoms with E-state index in [1.54, 1.807) is 0 Å². The summed E-state index contributed by atoms with van der Waals surface area (Å²) >= 11 is 0. The molecule has 5 nitrogen and oxygen atoms in total. The summed E-state index contributed by atoms with van der Waals surface area (Å²) in [5.41, 5.74) is 4.28. The number of nitrogens with zero attached hydrogens (tertiary/aromatic N) is 3. The fourth-order valence-corrected chi connectivity index (χ4v) is 4.28. The van der Waals surface area contributed by atoms with Gasteiger partial charge in [-0.2, -0.15) is 5.10 Å². The van der Waals surface area contributed by atoms with Crippen LogP contribution < -0.4 is 10.6 Å². The van der Waals surface area contributed by atoms with Crippen LogP contribution in [-0.2, 0) is 13.5 Å². The van der Waals surface area contributed by atoms with Crippen LogP contribution in [0.15, 0.2) is 4.99 Å². The van der Waals surface area contributed by atoms with Crippen LogP contribution in [0.5, 0.6) is 0 Å². The zero-order valence-corrected chi connectivity index (χ0v) is 19.4. The third-order valence-electron chi connectivity index (χ3n) is 6.24. The molecule has 1 unspecified atom stereocenters. The minimum Gasteiger partial charge on any atom is -0.357 e. The van der Waals surface area contributed by atoms with Gasteiger partial charge < -0.3 is 10.6 Å². The molecule has 26 heavy (non-hydrogen) atoms. The summed E-state index contributed by atoms with van der Waals surface area (Å²) in [6.45, 7) is 10.5. The molecule has 2 aliphatic carbocycles. The summed E-state index contributed by atoms with van der Waals surface area (Å²) < 4.78 is 1.98. The number of nitrogens with one attached hydrogen (secondary N) is 2. The van der Waals surface area contributed by atoms with Crippen molar-refractivity contribution in [3.05, 3.63) is 17.0 Å². The molecule has 1 heterocycles. The molecule has 0 radical (unpaired) electrons. The number of rotatable bonds is 7. The maximum absolute atomic E-state index is 4.97. The number of aromatic nitrogens is 2.